The molecule has 102 valence electrons. The fourth-order valence-corrected chi connectivity index (χ4v) is 2.53. The highest BCUT2D eigenvalue weighted by atomic mass is 35.5. The minimum absolute atomic E-state index is 0.0946. The van der Waals surface area contributed by atoms with Crippen molar-refractivity contribution in [3.8, 4) is 11.5 Å². The van der Waals surface area contributed by atoms with Crippen LogP contribution in [0.15, 0.2) is 0 Å². The normalized spacial score (nSPS) is 10.9. The van der Waals surface area contributed by atoms with Gasteiger partial charge in [-0.15, -0.1) is 0 Å². The fraction of sp³-hybridized carbons (Fsp3) is 0.538. The molecule has 0 saturated carbocycles. The van der Waals surface area contributed by atoms with E-state index in [1.165, 1.54) is 12.8 Å². The lowest BCUT2D eigenvalue weighted by molar-refractivity contribution is 0.399. The van der Waals surface area contributed by atoms with E-state index in [-0.39, 0.29) is 20.8 Å². The van der Waals surface area contributed by atoms with Gasteiger partial charge in [-0.05, 0) is 12.8 Å². The van der Waals surface area contributed by atoms with Crippen molar-refractivity contribution in [1.29, 1.82) is 0 Å². The summed E-state index contributed by atoms with van der Waals surface area (Å²) in [6.45, 7) is 2.15. The number of aromatic hydroxyl groups is 2. The lowest BCUT2D eigenvalue weighted by Crippen LogP contribution is -1.91. The molecule has 0 amide bonds. The van der Waals surface area contributed by atoms with Gasteiger partial charge < -0.3 is 10.2 Å². The summed E-state index contributed by atoms with van der Waals surface area (Å²) in [5, 5.41) is 19.6. The van der Waals surface area contributed by atoms with E-state index in [1.807, 2.05) is 0 Å². The molecule has 0 heterocycles. The summed E-state index contributed by atoms with van der Waals surface area (Å²) in [7, 11) is 0. The van der Waals surface area contributed by atoms with Crippen LogP contribution in [-0.2, 0) is 6.42 Å². The van der Waals surface area contributed by atoms with Gasteiger partial charge in [-0.25, -0.2) is 0 Å². The van der Waals surface area contributed by atoms with Crippen molar-refractivity contribution >= 4 is 34.8 Å². The number of benzene rings is 1. The Morgan fingerprint density at radius 1 is 0.778 bits per heavy atom. The smallest absolute Gasteiger partial charge is 0.178 e. The van der Waals surface area contributed by atoms with Gasteiger partial charge in [0.05, 0.1) is 10.0 Å². The zero-order chi connectivity index (χ0) is 13.7. The van der Waals surface area contributed by atoms with Gasteiger partial charge in [0.1, 0.15) is 5.02 Å². The second-order valence-corrected chi connectivity index (χ2v) is 5.42. The number of hydrogen-bond donors (Lipinski definition) is 2. The molecule has 0 aliphatic carbocycles. The van der Waals surface area contributed by atoms with Gasteiger partial charge in [0, 0.05) is 5.56 Å². The van der Waals surface area contributed by atoms with Crippen LogP contribution in [0.25, 0.3) is 0 Å². The molecule has 0 unspecified atom stereocenters. The number of unbranched alkanes of at least 4 members (excludes halogenated alkanes) is 4. The van der Waals surface area contributed by atoms with Gasteiger partial charge in [-0.2, -0.15) is 0 Å². The van der Waals surface area contributed by atoms with Crippen molar-refractivity contribution in [1.82, 2.24) is 0 Å². The maximum Gasteiger partial charge on any atom is 0.178 e. The Balaban J connectivity index is 2.77. The fourth-order valence-electron chi connectivity index (χ4n) is 1.82. The largest absolute Gasteiger partial charge is 0.504 e. The Morgan fingerprint density at radius 3 is 2.00 bits per heavy atom. The molecule has 5 heteroatoms. The van der Waals surface area contributed by atoms with Gasteiger partial charge in [0.2, 0.25) is 0 Å². The van der Waals surface area contributed by atoms with Crippen LogP contribution in [-0.4, -0.2) is 10.2 Å². The summed E-state index contributed by atoms with van der Waals surface area (Å²) >= 11 is 17.7. The van der Waals surface area contributed by atoms with E-state index in [1.54, 1.807) is 0 Å². The predicted octanol–water partition coefficient (Wildman–Crippen LogP) is 5.57. The SMILES string of the molecule is CCCCCCCc1c(O)c(O)c(Cl)c(Cl)c1Cl. The number of rotatable bonds is 6. The van der Waals surface area contributed by atoms with E-state index in [4.69, 9.17) is 34.8 Å². The topological polar surface area (TPSA) is 40.5 Å². The third kappa shape index (κ3) is 3.59. The first-order valence-electron chi connectivity index (χ1n) is 6.07. The Bertz CT molecular complexity index is 390. The van der Waals surface area contributed by atoms with Crippen LogP contribution in [0.5, 0.6) is 11.5 Å². The van der Waals surface area contributed by atoms with E-state index in [0.717, 1.165) is 19.3 Å². The quantitative estimate of drug-likeness (QED) is 0.409. The molecule has 0 aromatic heterocycles. The minimum Gasteiger partial charge on any atom is -0.504 e. The van der Waals surface area contributed by atoms with Crippen molar-refractivity contribution in [2.45, 2.75) is 45.4 Å². The van der Waals surface area contributed by atoms with Crippen molar-refractivity contribution in [3.05, 3.63) is 20.6 Å². The summed E-state index contributed by atoms with van der Waals surface area (Å²) in [4.78, 5) is 0. The molecule has 0 atom stereocenters. The van der Waals surface area contributed by atoms with Crippen LogP contribution in [0.2, 0.25) is 15.1 Å². The van der Waals surface area contributed by atoms with Crippen LogP contribution in [0.4, 0.5) is 0 Å². The van der Waals surface area contributed by atoms with E-state index in [0.29, 0.717) is 12.0 Å². The lowest BCUT2D eigenvalue weighted by atomic mass is 10.0. The molecule has 18 heavy (non-hydrogen) atoms. The molecule has 1 aromatic rings. The summed E-state index contributed by atoms with van der Waals surface area (Å²) < 4.78 is 0. The number of halogens is 3. The second-order valence-electron chi connectivity index (χ2n) is 4.28. The number of phenols is 2. The number of hydrogen-bond acceptors (Lipinski definition) is 2. The highest BCUT2D eigenvalue weighted by Crippen LogP contribution is 2.46. The van der Waals surface area contributed by atoms with Crippen molar-refractivity contribution in [3.63, 3.8) is 0 Å². The van der Waals surface area contributed by atoms with Crippen LogP contribution >= 0.6 is 34.8 Å². The van der Waals surface area contributed by atoms with Gasteiger partial charge >= 0.3 is 0 Å². The molecular formula is C13H17Cl3O2. The Labute approximate surface area is 122 Å². The number of phenolic OH excluding ortho intramolecular Hbond substituents is 2. The van der Waals surface area contributed by atoms with E-state index >= 15 is 0 Å². The first-order chi connectivity index (χ1) is 8.50. The summed E-state index contributed by atoms with van der Waals surface area (Å²) in [5.74, 6) is -0.653. The molecule has 0 aliphatic rings. The average Bonchev–Trinajstić information content (AvgIpc) is 2.37. The monoisotopic (exact) mass is 310 g/mol. The first-order valence-corrected chi connectivity index (χ1v) is 7.21. The molecule has 0 radical (unpaired) electrons. The van der Waals surface area contributed by atoms with Crippen molar-refractivity contribution < 1.29 is 10.2 Å². The summed E-state index contributed by atoms with van der Waals surface area (Å²) in [5.41, 5.74) is 0.472. The van der Waals surface area contributed by atoms with Crippen molar-refractivity contribution in [2.24, 2.45) is 0 Å². The van der Waals surface area contributed by atoms with Gasteiger partial charge in [0.25, 0.3) is 0 Å². The zero-order valence-corrected chi connectivity index (χ0v) is 12.5. The van der Waals surface area contributed by atoms with Gasteiger partial charge in [-0.3, -0.25) is 0 Å². The van der Waals surface area contributed by atoms with Crippen molar-refractivity contribution in [2.75, 3.05) is 0 Å². The molecule has 2 nitrogen and oxygen atoms in total. The molecule has 0 fully saturated rings. The average molecular weight is 312 g/mol. The van der Waals surface area contributed by atoms with Gasteiger partial charge in [0.15, 0.2) is 11.5 Å². The molecular weight excluding hydrogens is 294 g/mol. The van der Waals surface area contributed by atoms with E-state index in [9.17, 15) is 10.2 Å². The van der Waals surface area contributed by atoms with Gasteiger partial charge in [-0.1, -0.05) is 67.4 Å². The maximum absolute atomic E-state index is 9.81. The Morgan fingerprint density at radius 2 is 1.39 bits per heavy atom. The van der Waals surface area contributed by atoms with E-state index < -0.39 is 5.75 Å². The standard InChI is InChI=1S/C13H17Cl3O2/c1-2-3-4-5-6-7-8-9(14)10(15)11(16)13(18)12(8)17/h17-18H,2-7H2,1H3. The summed E-state index contributed by atoms with van der Waals surface area (Å²) in [6, 6.07) is 0. The van der Waals surface area contributed by atoms with E-state index in [2.05, 4.69) is 6.92 Å². The molecule has 0 saturated heterocycles. The molecule has 0 spiro atoms. The summed E-state index contributed by atoms with van der Waals surface area (Å²) in [6.07, 6.45) is 6.07. The van der Waals surface area contributed by atoms with Crippen LogP contribution in [0.1, 0.15) is 44.6 Å². The molecule has 2 N–H and O–H groups in total. The first kappa shape index (κ1) is 15.7. The molecule has 1 rings (SSSR count). The molecule has 0 bridgehead atoms. The molecule has 0 aliphatic heterocycles. The second kappa shape index (κ2) is 7.32. The minimum atomic E-state index is -0.394. The molecule has 1 aromatic carbocycles. The third-order valence-electron chi connectivity index (χ3n) is 2.90. The predicted molar refractivity (Wildman–Crippen MR) is 77.3 cm³/mol. The highest BCUT2D eigenvalue weighted by Gasteiger charge is 2.20. The zero-order valence-electron chi connectivity index (χ0n) is 10.3. The maximum atomic E-state index is 9.81. The third-order valence-corrected chi connectivity index (χ3v) is 4.26. The van der Waals surface area contributed by atoms with Crippen LogP contribution in [0, 0.1) is 0 Å². The Kier molecular flexibility index (Phi) is 6.40. The lowest BCUT2D eigenvalue weighted by Gasteiger charge is -2.12. The van der Waals surface area contributed by atoms with Crippen LogP contribution < -0.4 is 0 Å². The van der Waals surface area contributed by atoms with Crippen LogP contribution in [0.3, 0.4) is 0 Å². The highest BCUT2D eigenvalue weighted by molar-refractivity contribution is 6.49. The Hall–Kier alpha value is -0.310.